The number of likely N-dealkylation sites (N-methyl/N-ethyl adjacent to an activating group) is 1. The molecule has 0 saturated carbocycles. The lowest BCUT2D eigenvalue weighted by Gasteiger charge is -2.34. The average molecular weight is 324 g/mol. The second kappa shape index (κ2) is 7.61. The first-order chi connectivity index (χ1) is 10.5. The molecule has 1 saturated heterocycles. The monoisotopic (exact) mass is 323 g/mol. The van der Waals surface area contributed by atoms with Crippen molar-refractivity contribution in [3.63, 3.8) is 0 Å². The van der Waals surface area contributed by atoms with E-state index >= 15 is 0 Å². The summed E-state index contributed by atoms with van der Waals surface area (Å²) in [4.78, 5) is 26.4. The lowest BCUT2D eigenvalue weighted by molar-refractivity contribution is -0.134. The Bertz CT molecular complexity index is 533. The van der Waals surface area contributed by atoms with Crippen LogP contribution in [0, 0.1) is 0 Å². The highest BCUT2D eigenvalue weighted by Gasteiger charge is 2.27. The van der Waals surface area contributed by atoms with Gasteiger partial charge >= 0.3 is 0 Å². The minimum Gasteiger partial charge on any atom is -0.341 e. The van der Waals surface area contributed by atoms with Crippen LogP contribution in [-0.4, -0.2) is 48.9 Å². The molecule has 2 unspecified atom stereocenters. The number of carbonyl (C=O) groups excluding carboxylic acids is 2. The summed E-state index contributed by atoms with van der Waals surface area (Å²) in [6.07, 6.45) is 2.06. The first-order valence-electron chi connectivity index (χ1n) is 7.53. The number of piperidine rings is 1. The van der Waals surface area contributed by atoms with Crippen molar-refractivity contribution in [1.82, 2.24) is 15.5 Å². The molecule has 0 aromatic heterocycles. The summed E-state index contributed by atoms with van der Waals surface area (Å²) < 4.78 is 0. The number of carbonyl (C=O) groups is 2. The van der Waals surface area contributed by atoms with Gasteiger partial charge in [0.1, 0.15) is 6.04 Å². The zero-order valence-corrected chi connectivity index (χ0v) is 13.7. The largest absolute Gasteiger partial charge is 0.341 e. The molecule has 22 heavy (non-hydrogen) atoms. The minimum absolute atomic E-state index is 0.0396. The van der Waals surface area contributed by atoms with Gasteiger partial charge in [-0.05, 0) is 51.1 Å². The van der Waals surface area contributed by atoms with Gasteiger partial charge in [0, 0.05) is 29.7 Å². The highest BCUT2D eigenvalue weighted by molar-refractivity contribution is 6.30. The van der Waals surface area contributed by atoms with Crippen LogP contribution in [0.4, 0.5) is 0 Å². The van der Waals surface area contributed by atoms with Gasteiger partial charge in [-0.3, -0.25) is 9.59 Å². The van der Waals surface area contributed by atoms with Crippen molar-refractivity contribution in [1.29, 1.82) is 0 Å². The van der Waals surface area contributed by atoms with Gasteiger partial charge in [0.2, 0.25) is 5.91 Å². The Balaban J connectivity index is 1.93. The van der Waals surface area contributed by atoms with Crippen LogP contribution in [0.25, 0.3) is 0 Å². The van der Waals surface area contributed by atoms with Gasteiger partial charge in [-0.25, -0.2) is 0 Å². The van der Waals surface area contributed by atoms with E-state index in [1.54, 1.807) is 31.2 Å². The van der Waals surface area contributed by atoms with Gasteiger partial charge in [-0.15, -0.1) is 0 Å². The molecule has 1 heterocycles. The maximum absolute atomic E-state index is 12.4. The molecule has 2 atom stereocenters. The number of benzene rings is 1. The Morgan fingerprint density at radius 1 is 1.32 bits per heavy atom. The van der Waals surface area contributed by atoms with Crippen LogP contribution in [0.2, 0.25) is 5.02 Å². The zero-order valence-electron chi connectivity index (χ0n) is 12.9. The van der Waals surface area contributed by atoms with Gasteiger partial charge in [-0.1, -0.05) is 11.6 Å². The van der Waals surface area contributed by atoms with Crippen molar-refractivity contribution in [3.05, 3.63) is 34.9 Å². The normalized spacial score (nSPS) is 19.6. The van der Waals surface area contributed by atoms with E-state index in [1.165, 1.54) is 0 Å². The molecule has 1 aliphatic heterocycles. The number of nitrogens with one attached hydrogen (secondary N) is 2. The molecule has 1 aromatic rings. The number of halogens is 1. The fraction of sp³-hybridized carbons (Fsp3) is 0.500. The maximum atomic E-state index is 12.4. The Labute approximate surface area is 136 Å². The predicted molar refractivity (Wildman–Crippen MR) is 87.0 cm³/mol. The lowest BCUT2D eigenvalue weighted by Crippen LogP contribution is -2.53. The molecular formula is C16H22ClN3O2. The van der Waals surface area contributed by atoms with E-state index in [2.05, 4.69) is 10.6 Å². The fourth-order valence-electron chi connectivity index (χ4n) is 2.63. The number of nitrogens with zero attached hydrogens (tertiary/aromatic N) is 1. The van der Waals surface area contributed by atoms with Crippen LogP contribution >= 0.6 is 11.6 Å². The SMILES string of the molecule is CNC1CCCN(C(=O)C(C)NC(=O)c2ccc(Cl)cc2)C1. The number of hydrogen-bond donors (Lipinski definition) is 2. The molecule has 1 fully saturated rings. The van der Waals surface area contributed by atoms with E-state index in [4.69, 9.17) is 11.6 Å². The van der Waals surface area contributed by atoms with Crippen LogP contribution in [0.5, 0.6) is 0 Å². The standard InChI is InChI=1S/C16H22ClN3O2/c1-11(16(22)20-9-3-4-14(10-20)18-2)19-15(21)12-5-7-13(17)8-6-12/h5-8,11,14,18H,3-4,9-10H2,1-2H3,(H,19,21). The van der Waals surface area contributed by atoms with Crippen molar-refractivity contribution in [2.75, 3.05) is 20.1 Å². The highest BCUT2D eigenvalue weighted by Crippen LogP contribution is 2.12. The summed E-state index contributed by atoms with van der Waals surface area (Å²) in [7, 11) is 1.91. The lowest BCUT2D eigenvalue weighted by atomic mass is 10.1. The van der Waals surface area contributed by atoms with E-state index in [1.807, 2.05) is 11.9 Å². The molecule has 0 radical (unpaired) electrons. The van der Waals surface area contributed by atoms with Crippen molar-refractivity contribution >= 4 is 23.4 Å². The van der Waals surface area contributed by atoms with E-state index in [-0.39, 0.29) is 11.8 Å². The van der Waals surface area contributed by atoms with Crippen molar-refractivity contribution in [2.24, 2.45) is 0 Å². The molecular weight excluding hydrogens is 302 g/mol. The Hall–Kier alpha value is -1.59. The third-order valence-electron chi connectivity index (χ3n) is 3.97. The van der Waals surface area contributed by atoms with E-state index in [0.29, 0.717) is 23.2 Å². The van der Waals surface area contributed by atoms with Crippen LogP contribution in [0.15, 0.2) is 24.3 Å². The maximum Gasteiger partial charge on any atom is 0.251 e. The van der Waals surface area contributed by atoms with Gasteiger partial charge in [-0.2, -0.15) is 0 Å². The number of likely N-dealkylation sites (tertiary alicyclic amines) is 1. The predicted octanol–water partition coefficient (Wildman–Crippen LogP) is 1.67. The molecule has 0 spiro atoms. The summed E-state index contributed by atoms with van der Waals surface area (Å²) in [6, 6.07) is 6.39. The van der Waals surface area contributed by atoms with Crippen LogP contribution in [0.3, 0.4) is 0 Å². The van der Waals surface area contributed by atoms with E-state index < -0.39 is 6.04 Å². The minimum atomic E-state index is -0.543. The van der Waals surface area contributed by atoms with Gasteiger partial charge in [0.15, 0.2) is 0 Å². The molecule has 2 N–H and O–H groups in total. The Morgan fingerprint density at radius 2 is 2.00 bits per heavy atom. The number of amides is 2. The molecule has 2 rings (SSSR count). The molecule has 1 aliphatic rings. The first kappa shape index (κ1) is 16.8. The average Bonchev–Trinajstić information content (AvgIpc) is 2.54. The molecule has 6 heteroatoms. The quantitative estimate of drug-likeness (QED) is 0.886. The van der Waals surface area contributed by atoms with Crippen molar-refractivity contribution in [2.45, 2.75) is 31.8 Å². The van der Waals surface area contributed by atoms with Gasteiger partial charge in [0.25, 0.3) is 5.91 Å². The van der Waals surface area contributed by atoms with Gasteiger partial charge in [0.05, 0.1) is 0 Å². The zero-order chi connectivity index (χ0) is 16.1. The second-order valence-electron chi connectivity index (χ2n) is 5.61. The molecule has 1 aromatic carbocycles. The molecule has 0 bridgehead atoms. The number of hydrogen-bond acceptors (Lipinski definition) is 3. The summed E-state index contributed by atoms with van der Waals surface area (Å²) in [5, 5.41) is 6.53. The molecule has 5 nitrogen and oxygen atoms in total. The molecule has 0 aliphatic carbocycles. The first-order valence-corrected chi connectivity index (χ1v) is 7.91. The summed E-state index contributed by atoms with van der Waals surface area (Å²) in [5.41, 5.74) is 0.496. The molecule has 2 amide bonds. The topological polar surface area (TPSA) is 61.4 Å². The third-order valence-corrected chi connectivity index (χ3v) is 4.22. The van der Waals surface area contributed by atoms with E-state index in [0.717, 1.165) is 19.4 Å². The second-order valence-corrected chi connectivity index (χ2v) is 6.05. The summed E-state index contributed by atoms with van der Waals surface area (Å²) in [6.45, 7) is 3.16. The van der Waals surface area contributed by atoms with Crippen LogP contribution in [0.1, 0.15) is 30.1 Å². The van der Waals surface area contributed by atoms with Crippen LogP contribution < -0.4 is 10.6 Å². The summed E-state index contributed by atoms with van der Waals surface area (Å²) in [5.74, 6) is -0.304. The summed E-state index contributed by atoms with van der Waals surface area (Å²) >= 11 is 5.80. The van der Waals surface area contributed by atoms with E-state index in [9.17, 15) is 9.59 Å². The fourth-order valence-corrected chi connectivity index (χ4v) is 2.76. The Kier molecular flexibility index (Phi) is 5.80. The molecule has 120 valence electrons. The Morgan fingerprint density at radius 3 is 2.64 bits per heavy atom. The number of rotatable bonds is 4. The van der Waals surface area contributed by atoms with Gasteiger partial charge < -0.3 is 15.5 Å². The highest BCUT2D eigenvalue weighted by atomic mass is 35.5. The smallest absolute Gasteiger partial charge is 0.251 e. The van der Waals surface area contributed by atoms with Crippen molar-refractivity contribution < 1.29 is 9.59 Å². The third kappa shape index (κ3) is 4.21. The van der Waals surface area contributed by atoms with Crippen molar-refractivity contribution in [3.8, 4) is 0 Å². The van der Waals surface area contributed by atoms with Crippen LogP contribution in [-0.2, 0) is 4.79 Å².